The second kappa shape index (κ2) is 7.05. The molecule has 102 valence electrons. The molecule has 3 unspecified atom stereocenters. The molecule has 0 radical (unpaired) electrons. The van der Waals surface area contributed by atoms with Gasteiger partial charge in [0.2, 0.25) is 0 Å². The van der Waals surface area contributed by atoms with Crippen LogP contribution in [0.4, 0.5) is 0 Å². The van der Waals surface area contributed by atoms with Gasteiger partial charge in [0, 0.05) is 28.3 Å². The standard InChI is InChI=1S/C15H25NOS/c1-5-11(2)9-18(17)10-15(16)14-8-12(3)6-7-13(14)4/h6-8,11,15H,5,9-10,16H2,1-4H3. The van der Waals surface area contributed by atoms with Crippen LogP contribution in [0, 0.1) is 19.8 Å². The van der Waals surface area contributed by atoms with E-state index in [1.54, 1.807) is 0 Å². The predicted octanol–water partition coefficient (Wildman–Crippen LogP) is 3.10. The zero-order valence-electron chi connectivity index (χ0n) is 11.9. The molecular formula is C15H25NOS. The summed E-state index contributed by atoms with van der Waals surface area (Å²) in [5.74, 6) is 1.83. The van der Waals surface area contributed by atoms with Crippen LogP contribution in [0.25, 0.3) is 0 Å². The van der Waals surface area contributed by atoms with Gasteiger partial charge >= 0.3 is 0 Å². The van der Waals surface area contributed by atoms with Gasteiger partial charge in [0.1, 0.15) is 0 Å². The summed E-state index contributed by atoms with van der Waals surface area (Å²) in [6, 6.07) is 6.17. The minimum Gasteiger partial charge on any atom is -0.323 e. The van der Waals surface area contributed by atoms with E-state index in [2.05, 4.69) is 45.9 Å². The largest absolute Gasteiger partial charge is 0.323 e. The first-order valence-electron chi connectivity index (χ1n) is 6.61. The van der Waals surface area contributed by atoms with Crippen LogP contribution in [0.15, 0.2) is 18.2 Å². The molecule has 2 N–H and O–H groups in total. The van der Waals surface area contributed by atoms with Crippen LogP contribution in [-0.2, 0) is 10.8 Å². The fourth-order valence-corrected chi connectivity index (χ4v) is 3.54. The second-order valence-electron chi connectivity index (χ2n) is 5.25. The van der Waals surface area contributed by atoms with Crippen molar-refractivity contribution in [3.05, 3.63) is 34.9 Å². The number of hydrogen-bond donors (Lipinski definition) is 1. The van der Waals surface area contributed by atoms with E-state index in [-0.39, 0.29) is 6.04 Å². The van der Waals surface area contributed by atoms with Crippen LogP contribution in [0.1, 0.15) is 43.0 Å². The molecule has 3 heteroatoms. The molecule has 0 aliphatic carbocycles. The van der Waals surface area contributed by atoms with Crippen LogP contribution in [0.2, 0.25) is 0 Å². The van der Waals surface area contributed by atoms with Crippen LogP contribution in [0.3, 0.4) is 0 Å². The molecule has 0 spiro atoms. The number of hydrogen-bond acceptors (Lipinski definition) is 2. The smallest absolute Gasteiger partial charge is 0.0428 e. The van der Waals surface area contributed by atoms with Gasteiger partial charge in [0.15, 0.2) is 0 Å². The van der Waals surface area contributed by atoms with E-state index in [9.17, 15) is 4.21 Å². The average Bonchev–Trinajstić information content (AvgIpc) is 2.31. The molecule has 1 aromatic carbocycles. The van der Waals surface area contributed by atoms with Gasteiger partial charge in [0.25, 0.3) is 0 Å². The lowest BCUT2D eigenvalue weighted by Gasteiger charge is -2.16. The predicted molar refractivity (Wildman–Crippen MR) is 80.2 cm³/mol. The van der Waals surface area contributed by atoms with Crippen molar-refractivity contribution in [2.45, 2.75) is 40.2 Å². The lowest BCUT2D eigenvalue weighted by atomic mass is 10.0. The molecule has 0 bridgehead atoms. The molecule has 0 aromatic heterocycles. The Kier molecular flexibility index (Phi) is 6.03. The molecule has 0 fully saturated rings. The van der Waals surface area contributed by atoms with Crippen molar-refractivity contribution in [1.29, 1.82) is 0 Å². The third-order valence-corrected chi connectivity index (χ3v) is 5.04. The van der Waals surface area contributed by atoms with Crippen molar-refractivity contribution < 1.29 is 4.21 Å². The molecular weight excluding hydrogens is 242 g/mol. The zero-order chi connectivity index (χ0) is 13.7. The van der Waals surface area contributed by atoms with Crippen molar-refractivity contribution in [1.82, 2.24) is 0 Å². The fraction of sp³-hybridized carbons (Fsp3) is 0.600. The SMILES string of the molecule is CCC(C)CS(=O)CC(N)c1cc(C)ccc1C. The monoisotopic (exact) mass is 267 g/mol. The van der Waals surface area contributed by atoms with Crippen molar-refractivity contribution in [2.75, 3.05) is 11.5 Å². The minimum absolute atomic E-state index is 0.116. The molecule has 1 aromatic rings. The second-order valence-corrected chi connectivity index (χ2v) is 6.80. The zero-order valence-corrected chi connectivity index (χ0v) is 12.7. The average molecular weight is 267 g/mol. The lowest BCUT2D eigenvalue weighted by Crippen LogP contribution is -2.22. The summed E-state index contributed by atoms with van der Waals surface area (Å²) < 4.78 is 12.0. The molecule has 2 nitrogen and oxygen atoms in total. The first kappa shape index (κ1) is 15.4. The summed E-state index contributed by atoms with van der Waals surface area (Å²) >= 11 is 0. The molecule has 1 rings (SSSR count). The Morgan fingerprint density at radius 2 is 1.94 bits per heavy atom. The number of nitrogens with two attached hydrogens (primary N) is 1. The summed E-state index contributed by atoms with van der Waals surface area (Å²) in [5.41, 5.74) is 9.72. The van der Waals surface area contributed by atoms with Gasteiger partial charge in [0.05, 0.1) is 0 Å². The molecule has 0 aliphatic rings. The van der Waals surface area contributed by atoms with Gasteiger partial charge in [-0.05, 0) is 30.9 Å². The summed E-state index contributed by atoms with van der Waals surface area (Å²) in [4.78, 5) is 0. The topological polar surface area (TPSA) is 43.1 Å². The van der Waals surface area contributed by atoms with Gasteiger partial charge in [-0.2, -0.15) is 0 Å². The van der Waals surface area contributed by atoms with Gasteiger partial charge < -0.3 is 5.73 Å². The van der Waals surface area contributed by atoms with E-state index in [0.29, 0.717) is 11.7 Å². The number of benzene rings is 1. The van der Waals surface area contributed by atoms with Gasteiger partial charge in [-0.3, -0.25) is 4.21 Å². The maximum atomic E-state index is 12.0. The Hall–Kier alpha value is -0.670. The van der Waals surface area contributed by atoms with Gasteiger partial charge in [-0.15, -0.1) is 0 Å². The highest BCUT2D eigenvalue weighted by Gasteiger charge is 2.14. The maximum Gasteiger partial charge on any atom is 0.0428 e. The molecule has 0 saturated carbocycles. The Bertz CT molecular complexity index is 417. The highest BCUT2D eigenvalue weighted by atomic mass is 32.2. The first-order chi connectivity index (χ1) is 8.43. The van der Waals surface area contributed by atoms with Crippen molar-refractivity contribution >= 4 is 10.8 Å². The summed E-state index contributed by atoms with van der Waals surface area (Å²) in [6.07, 6.45) is 1.07. The van der Waals surface area contributed by atoms with E-state index in [0.717, 1.165) is 17.7 Å². The van der Waals surface area contributed by atoms with E-state index in [1.165, 1.54) is 11.1 Å². The minimum atomic E-state index is -0.820. The number of rotatable bonds is 6. The third kappa shape index (κ3) is 4.54. The van der Waals surface area contributed by atoms with E-state index >= 15 is 0 Å². The molecule has 0 amide bonds. The van der Waals surface area contributed by atoms with Crippen LogP contribution in [-0.4, -0.2) is 15.7 Å². The van der Waals surface area contributed by atoms with Crippen molar-refractivity contribution in [3.63, 3.8) is 0 Å². The molecule has 0 aliphatic heterocycles. The fourth-order valence-electron chi connectivity index (χ4n) is 1.95. The Labute approximate surface area is 113 Å². The van der Waals surface area contributed by atoms with Gasteiger partial charge in [-0.1, -0.05) is 44.0 Å². The lowest BCUT2D eigenvalue weighted by molar-refractivity contribution is 0.612. The molecule has 3 atom stereocenters. The summed E-state index contributed by atoms with van der Waals surface area (Å²) in [7, 11) is -0.820. The molecule has 0 heterocycles. The highest BCUT2D eigenvalue weighted by molar-refractivity contribution is 7.85. The van der Waals surface area contributed by atoms with Gasteiger partial charge in [-0.25, -0.2) is 0 Å². The summed E-state index contributed by atoms with van der Waals surface area (Å²) in [5, 5.41) is 0. The quantitative estimate of drug-likeness (QED) is 0.860. The molecule has 18 heavy (non-hydrogen) atoms. The van der Waals surface area contributed by atoms with Crippen molar-refractivity contribution in [3.8, 4) is 0 Å². The Morgan fingerprint density at radius 3 is 2.56 bits per heavy atom. The van der Waals surface area contributed by atoms with Crippen LogP contribution >= 0.6 is 0 Å². The Balaban J connectivity index is 2.67. The molecule has 0 saturated heterocycles. The van der Waals surface area contributed by atoms with E-state index in [1.807, 2.05) is 0 Å². The highest BCUT2D eigenvalue weighted by Crippen LogP contribution is 2.19. The van der Waals surface area contributed by atoms with Crippen LogP contribution < -0.4 is 5.73 Å². The normalized spacial score (nSPS) is 16.3. The number of aryl methyl sites for hydroxylation is 2. The first-order valence-corrected chi connectivity index (χ1v) is 8.10. The van der Waals surface area contributed by atoms with E-state index < -0.39 is 10.8 Å². The van der Waals surface area contributed by atoms with E-state index in [4.69, 9.17) is 5.73 Å². The van der Waals surface area contributed by atoms with Crippen LogP contribution in [0.5, 0.6) is 0 Å². The summed E-state index contributed by atoms with van der Waals surface area (Å²) in [6.45, 7) is 8.39. The van der Waals surface area contributed by atoms with Crippen molar-refractivity contribution in [2.24, 2.45) is 11.7 Å². The third-order valence-electron chi connectivity index (χ3n) is 3.37. The maximum absolute atomic E-state index is 12.0. The Morgan fingerprint density at radius 1 is 1.28 bits per heavy atom.